The first-order chi connectivity index (χ1) is 11.8. The van der Waals surface area contributed by atoms with Gasteiger partial charge in [-0.3, -0.25) is 9.59 Å². The molecule has 134 valence electrons. The predicted octanol–water partition coefficient (Wildman–Crippen LogP) is 1.97. The number of rotatable bonds is 6. The van der Waals surface area contributed by atoms with Crippen LogP contribution in [0.5, 0.6) is 0 Å². The number of benzene rings is 1. The molecule has 1 aliphatic heterocycles. The molecule has 6 nitrogen and oxygen atoms in total. The molecule has 0 saturated carbocycles. The van der Waals surface area contributed by atoms with Crippen LogP contribution in [-0.4, -0.2) is 47.1 Å². The summed E-state index contributed by atoms with van der Waals surface area (Å²) in [7, 11) is 0. The molecule has 0 bridgehead atoms. The average molecular weight is 368 g/mol. The number of likely N-dealkylation sites (tertiary alicyclic amines) is 1. The van der Waals surface area contributed by atoms with E-state index >= 15 is 0 Å². The number of hydrogen-bond donors (Lipinski definition) is 2. The molecular weight excluding hydrogens is 349 g/mol. The van der Waals surface area contributed by atoms with Gasteiger partial charge in [-0.15, -0.1) is 0 Å². The Bertz CT molecular complexity index is 677. The lowest BCUT2D eigenvalue weighted by atomic mass is 9.88. The maximum Gasteiger partial charge on any atom is 0.304 e. The van der Waals surface area contributed by atoms with E-state index in [1.165, 1.54) is 18.2 Å². The standard InChI is InChI=1S/C17H19ClFN3O3/c18-13-2-1-3-14(19)12(13)10-15(23)21-17(11-20)5-8-22(9-6-17)7-4-16(24)25/h1-3H,4-10H2,(H,21,23)(H,24,25). The lowest BCUT2D eigenvalue weighted by Crippen LogP contribution is -2.55. The first-order valence-electron chi connectivity index (χ1n) is 7.94. The largest absolute Gasteiger partial charge is 0.481 e. The van der Waals surface area contributed by atoms with Crippen molar-refractivity contribution in [2.45, 2.75) is 31.2 Å². The number of carbonyl (C=O) groups is 2. The Balaban J connectivity index is 1.95. The fourth-order valence-corrected chi connectivity index (χ4v) is 3.08. The van der Waals surface area contributed by atoms with E-state index in [-0.39, 0.29) is 23.4 Å². The van der Waals surface area contributed by atoms with Gasteiger partial charge in [-0.1, -0.05) is 17.7 Å². The van der Waals surface area contributed by atoms with Crippen molar-refractivity contribution in [1.29, 1.82) is 5.26 Å². The lowest BCUT2D eigenvalue weighted by Gasteiger charge is -2.37. The van der Waals surface area contributed by atoms with Gasteiger partial charge in [0.2, 0.25) is 5.91 Å². The molecule has 1 saturated heterocycles. The second kappa shape index (κ2) is 8.28. The van der Waals surface area contributed by atoms with E-state index in [2.05, 4.69) is 11.4 Å². The number of nitriles is 1. The Labute approximate surface area is 150 Å². The highest BCUT2D eigenvalue weighted by molar-refractivity contribution is 6.31. The zero-order chi connectivity index (χ0) is 18.4. The average Bonchev–Trinajstić information content (AvgIpc) is 2.57. The summed E-state index contributed by atoms with van der Waals surface area (Å²) < 4.78 is 13.8. The van der Waals surface area contributed by atoms with Crippen molar-refractivity contribution in [3.8, 4) is 6.07 Å². The van der Waals surface area contributed by atoms with Gasteiger partial charge in [0.05, 0.1) is 18.9 Å². The summed E-state index contributed by atoms with van der Waals surface area (Å²) in [5.74, 6) is -1.89. The summed E-state index contributed by atoms with van der Waals surface area (Å²) in [6.45, 7) is 1.44. The first kappa shape index (κ1) is 19.2. The zero-order valence-corrected chi connectivity index (χ0v) is 14.4. The second-order valence-electron chi connectivity index (χ2n) is 6.10. The molecule has 0 aromatic heterocycles. The second-order valence-corrected chi connectivity index (χ2v) is 6.51. The highest BCUT2D eigenvalue weighted by Crippen LogP contribution is 2.23. The molecule has 8 heteroatoms. The van der Waals surface area contributed by atoms with Gasteiger partial charge in [0.1, 0.15) is 11.4 Å². The Kier molecular flexibility index (Phi) is 6.34. The van der Waals surface area contributed by atoms with Crippen LogP contribution < -0.4 is 5.32 Å². The molecule has 1 fully saturated rings. The number of carboxylic acid groups (broad SMARTS) is 1. The van der Waals surface area contributed by atoms with E-state index in [0.29, 0.717) is 32.5 Å². The van der Waals surface area contributed by atoms with Crippen LogP contribution in [0.4, 0.5) is 4.39 Å². The molecule has 0 spiro atoms. The summed E-state index contributed by atoms with van der Waals surface area (Å²) in [5.41, 5.74) is -0.914. The van der Waals surface area contributed by atoms with E-state index < -0.39 is 23.2 Å². The van der Waals surface area contributed by atoms with Crippen LogP contribution >= 0.6 is 11.6 Å². The molecule has 2 rings (SSSR count). The Morgan fingerprint density at radius 2 is 2.08 bits per heavy atom. The van der Waals surface area contributed by atoms with Crippen LogP contribution in [0.25, 0.3) is 0 Å². The van der Waals surface area contributed by atoms with Gasteiger partial charge in [-0.05, 0) is 25.0 Å². The van der Waals surface area contributed by atoms with Crippen molar-refractivity contribution in [2.75, 3.05) is 19.6 Å². The molecule has 1 amide bonds. The fraction of sp³-hybridized carbons (Fsp3) is 0.471. The van der Waals surface area contributed by atoms with Crippen LogP contribution in [0.1, 0.15) is 24.8 Å². The molecule has 0 unspecified atom stereocenters. The summed E-state index contributed by atoms with van der Waals surface area (Å²) >= 11 is 5.92. The quantitative estimate of drug-likeness (QED) is 0.801. The Morgan fingerprint density at radius 1 is 1.40 bits per heavy atom. The lowest BCUT2D eigenvalue weighted by molar-refractivity contribution is -0.137. The van der Waals surface area contributed by atoms with E-state index in [1.807, 2.05) is 4.90 Å². The molecule has 2 N–H and O–H groups in total. The first-order valence-corrected chi connectivity index (χ1v) is 8.32. The van der Waals surface area contributed by atoms with Crippen molar-refractivity contribution in [3.63, 3.8) is 0 Å². The molecule has 0 aliphatic carbocycles. The van der Waals surface area contributed by atoms with Crippen LogP contribution in [0.2, 0.25) is 5.02 Å². The normalized spacial score (nSPS) is 16.8. The van der Waals surface area contributed by atoms with Crippen molar-refractivity contribution in [2.24, 2.45) is 0 Å². The van der Waals surface area contributed by atoms with E-state index in [9.17, 15) is 19.2 Å². The third kappa shape index (κ3) is 5.15. The van der Waals surface area contributed by atoms with Gasteiger partial charge in [-0.2, -0.15) is 5.26 Å². The summed E-state index contributed by atoms with van der Waals surface area (Å²) in [5, 5.41) is 21.1. The summed E-state index contributed by atoms with van der Waals surface area (Å²) in [6.07, 6.45) is 0.578. The van der Waals surface area contributed by atoms with E-state index in [0.717, 1.165) is 0 Å². The van der Waals surface area contributed by atoms with E-state index in [4.69, 9.17) is 16.7 Å². The topological polar surface area (TPSA) is 93.4 Å². The minimum Gasteiger partial charge on any atom is -0.481 e. The fourth-order valence-electron chi connectivity index (χ4n) is 2.85. The Morgan fingerprint density at radius 3 is 2.64 bits per heavy atom. The zero-order valence-electron chi connectivity index (χ0n) is 13.6. The number of halogens is 2. The Hall–Kier alpha value is -2.17. The third-order valence-electron chi connectivity index (χ3n) is 4.34. The van der Waals surface area contributed by atoms with Crippen molar-refractivity contribution < 1.29 is 19.1 Å². The summed E-state index contributed by atoms with van der Waals surface area (Å²) in [4.78, 5) is 24.8. The minimum atomic E-state index is -1.02. The molecule has 0 atom stereocenters. The maximum atomic E-state index is 13.8. The van der Waals surface area contributed by atoms with Crippen molar-refractivity contribution in [1.82, 2.24) is 10.2 Å². The maximum absolute atomic E-state index is 13.8. The molecule has 0 radical (unpaired) electrons. The smallest absolute Gasteiger partial charge is 0.304 e. The number of aliphatic carboxylic acids is 1. The van der Waals surface area contributed by atoms with Gasteiger partial charge in [0.15, 0.2) is 0 Å². The number of amides is 1. The van der Waals surface area contributed by atoms with Crippen molar-refractivity contribution in [3.05, 3.63) is 34.6 Å². The van der Waals surface area contributed by atoms with Gasteiger partial charge in [-0.25, -0.2) is 4.39 Å². The molecule has 1 aliphatic rings. The van der Waals surface area contributed by atoms with Gasteiger partial charge < -0.3 is 15.3 Å². The van der Waals surface area contributed by atoms with Gasteiger partial charge in [0, 0.05) is 30.2 Å². The third-order valence-corrected chi connectivity index (χ3v) is 4.70. The minimum absolute atomic E-state index is 0.0394. The number of hydrogen-bond acceptors (Lipinski definition) is 4. The van der Waals surface area contributed by atoms with Crippen LogP contribution in [0.3, 0.4) is 0 Å². The molecule has 1 aromatic rings. The molecule has 1 heterocycles. The van der Waals surface area contributed by atoms with Crippen molar-refractivity contribution >= 4 is 23.5 Å². The van der Waals surface area contributed by atoms with E-state index in [1.54, 1.807) is 0 Å². The highest BCUT2D eigenvalue weighted by atomic mass is 35.5. The number of carboxylic acids is 1. The van der Waals surface area contributed by atoms with Crippen LogP contribution in [0.15, 0.2) is 18.2 Å². The summed E-state index contributed by atoms with van der Waals surface area (Å²) in [6, 6.07) is 6.35. The predicted molar refractivity (Wildman–Crippen MR) is 89.5 cm³/mol. The van der Waals surface area contributed by atoms with Gasteiger partial charge >= 0.3 is 5.97 Å². The number of nitrogens with zero attached hydrogens (tertiary/aromatic N) is 2. The van der Waals surface area contributed by atoms with Crippen LogP contribution in [-0.2, 0) is 16.0 Å². The number of piperidine rings is 1. The molecule has 25 heavy (non-hydrogen) atoms. The monoisotopic (exact) mass is 367 g/mol. The SMILES string of the molecule is N#CC1(NC(=O)Cc2c(F)cccc2Cl)CCN(CCC(=O)O)CC1. The number of nitrogens with one attached hydrogen (secondary N) is 1. The van der Waals surface area contributed by atoms with Gasteiger partial charge in [0.25, 0.3) is 0 Å². The number of carbonyl (C=O) groups excluding carboxylic acids is 1. The molecule has 1 aromatic carbocycles. The van der Waals surface area contributed by atoms with Crippen LogP contribution in [0, 0.1) is 17.1 Å². The highest BCUT2D eigenvalue weighted by Gasteiger charge is 2.36. The molecular formula is C17H19ClFN3O3.